The highest BCUT2D eigenvalue weighted by Crippen LogP contribution is 2.29. The monoisotopic (exact) mass is 271 g/mol. The number of aliphatic hydroxyl groups excluding tert-OH is 1. The molecule has 0 aliphatic rings. The fourth-order valence-corrected chi connectivity index (χ4v) is 2.32. The van der Waals surface area contributed by atoms with Gasteiger partial charge in [0.1, 0.15) is 22.3 Å². The van der Waals surface area contributed by atoms with Gasteiger partial charge in [-0.25, -0.2) is 9.97 Å². The molecule has 0 aliphatic heterocycles. The fraction of sp³-hybridized carbons (Fsp3) is 0.333. The summed E-state index contributed by atoms with van der Waals surface area (Å²) in [7, 11) is 1.86. The summed E-state index contributed by atoms with van der Waals surface area (Å²) in [6.07, 6.45) is 1.35. The van der Waals surface area contributed by atoms with Crippen LogP contribution in [0.1, 0.15) is 11.4 Å². The zero-order valence-electron chi connectivity index (χ0n) is 9.25. The minimum atomic E-state index is -0.209. The quantitative estimate of drug-likeness (QED) is 0.846. The van der Waals surface area contributed by atoms with E-state index in [4.69, 9.17) is 11.6 Å². The fourth-order valence-electron chi connectivity index (χ4n) is 1.16. The van der Waals surface area contributed by atoms with Gasteiger partial charge >= 0.3 is 0 Å². The summed E-state index contributed by atoms with van der Waals surface area (Å²) in [5.41, 5.74) is 0.500. The molecule has 0 bridgehead atoms. The molecule has 0 spiro atoms. The van der Waals surface area contributed by atoms with Crippen molar-refractivity contribution in [3.63, 3.8) is 0 Å². The van der Waals surface area contributed by atoms with Crippen molar-refractivity contribution >= 4 is 23.4 Å². The summed E-state index contributed by atoms with van der Waals surface area (Å²) in [5, 5.41) is 18.7. The molecule has 0 aliphatic carbocycles. The van der Waals surface area contributed by atoms with Crippen LogP contribution in [0.3, 0.4) is 0 Å². The zero-order valence-corrected chi connectivity index (χ0v) is 10.8. The van der Waals surface area contributed by atoms with Gasteiger partial charge in [0.15, 0.2) is 5.16 Å². The standard InChI is InChI=1S/C9H10ClN5OS/c1-5-13-14-9(15(5)2)17-8-6(3-16)7(10)11-4-12-8/h4,16H,3H2,1-2H3. The highest BCUT2D eigenvalue weighted by Gasteiger charge is 2.14. The second-order valence-corrected chi connectivity index (χ2v) is 4.61. The predicted octanol–water partition coefficient (Wildman–Crippen LogP) is 1.21. The van der Waals surface area contributed by atoms with Crippen LogP contribution in [-0.2, 0) is 13.7 Å². The van der Waals surface area contributed by atoms with Crippen molar-refractivity contribution < 1.29 is 5.11 Å². The Hall–Kier alpha value is -1.18. The molecule has 0 unspecified atom stereocenters. The molecule has 2 rings (SSSR count). The van der Waals surface area contributed by atoms with Crippen LogP contribution in [0.15, 0.2) is 16.5 Å². The maximum Gasteiger partial charge on any atom is 0.197 e. The third-order valence-corrected chi connectivity index (χ3v) is 3.66. The van der Waals surface area contributed by atoms with E-state index in [1.165, 1.54) is 18.1 Å². The molecule has 6 nitrogen and oxygen atoms in total. The lowest BCUT2D eigenvalue weighted by Crippen LogP contribution is -1.98. The van der Waals surface area contributed by atoms with Gasteiger partial charge in [-0.05, 0) is 18.7 Å². The van der Waals surface area contributed by atoms with Gasteiger partial charge in [0.25, 0.3) is 0 Å². The van der Waals surface area contributed by atoms with E-state index < -0.39 is 0 Å². The molecule has 0 amide bonds. The lowest BCUT2D eigenvalue weighted by molar-refractivity contribution is 0.277. The first-order valence-corrected chi connectivity index (χ1v) is 5.97. The van der Waals surface area contributed by atoms with E-state index in [-0.39, 0.29) is 11.8 Å². The van der Waals surface area contributed by atoms with Gasteiger partial charge in [-0.3, -0.25) is 0 Å². The highest BCUT2D eigenvalue weighted by atomic mass is 35.5. The van der Waals surface area contributed by atoms with Crippen LogP contribution in [0.4, 0.5) is 0 Å². The second kappa shape index (κ2) is 4.99. The summed E-state index contributed by atoms with van der Waals surface area (Å²) >= 11 is 7.17. The van der Waals surface area contributed by atoms with Gasteiger partial charge in [-0.1, -0.05) is 11.6 Å². The van der Waals surface area contributed by atoms with Crippen molar-refractivity contribution in [1.29, 1.82) is 0 Å². The van der Waals surface area contributed by atoms with Crippen LogP contribution >= 0.6 is 23.4 Å². The highest BCUT2D eigenvalue weighted by molar-refractivity contribution is 7.99. The van der Waals surface area contributed by atoms with Crippen molar-refractivity contribution in [2.24, 2.45) is 7.05 Å². The lowest BCUT2D eigenvalue weighted by Gasteiger charge is -2.06. The molecular weight excluding hydrogens is 262 g/mol. The van der Waals surface area contributed by atoms with E-state index in [0.717, 1.165) is 5.82 Å². The van der Waals surface area contributed by atoms with Crippen LogP contribution in [0.2, 0.25) is 5.15 Å². The van der Waals surface area contributed by atoms with Crippen molar-refractivity contribution in [2.45, 2.75) is 23.7 Å². The topological polar surface area (TPSA) is 76.7 Å². The molecule has 2 heterocycles. The van der Waals surface area contributed by atoms with Crippen molar-refractivity contribution in [2.75, 3.05) is 0 Å². The summed E-state index contributed by atoms with van der Waals surface area (Å²) in [6, 6.07) is 0. The number of hydrogen-bond acceptors (Lipinski definition) is 6. The third kappa shape index (κ3) is 2.41. The minimum Gasteiger partial charge on any atom is -0.391 e. The van der Waals surface area contributed by atoms with E-state index in [1.807, 2.05) is 18.5 Å². The lowest BCUT2D eigenvalue weighted by atomic mass is 10.4. The molecule has 0 saturated heterocycles. The van der Waals surface area contributed by atoms with Crippen LogP contribution in [0, 0.1) is 6.92 Å². The van der Waals surface area contributed by atoms with Crippen molar-refractivity contribution in [3.05, 3.63) is 22.9 Å². The Morgan fingerprint density at radius 2 is 2.18 bits per heavy atom. The molecule has 2 aromatic heterocycles. The van der Waals surface area contributed by atoms with Crippen LogP contribution in [-0.4, -0.2) is 29.8 Å². The minimum absolute atomic E-state index is 0.209. The van der Waals surface area contributed by atoms with E-state index in [1.54, 1.807) is 0 Å². The summed E-state index contributed by atoms with van der Waals surface area (Å²) in [4.78, 5) is 7.90. The predicted molar refractivity (Wildman–Crippen MR) is 62.8 cm³/mol. The Morgan fingerprint density at radius 1 is 1.41 bits per heavy atom. The first-order valence-electron chi connectivity index (χ1n) is 4.77. The Labute approximate surface area is 107 Å². The maximum absolute atomic E-state index is 9.23. The first-order chi connectivity index (χ1) is 8.13. The smallest absolute Gasteiger partial charge is 0.197 e. The number of halogens is 1. The van der Waals surface area contributed by atoms with Gasteiger partial charge in [-0.15, -0.1) is 10.2 Å². The van der Waals surface area contributed by atoms with Gasteiger partial charge in [0, 0.05) is 12.6 Å². The number of aryl methyl sites for hydroxylation is 1. The maximum atomic E-state index is 9.23. The van der Waals surface area contributed by atoms with E-state index in [9.17, 15) is 5.11 Å². The molecule has 0 saturated carbocycles. The van der Waals surface area contributed by atoms with Crippen molar-refractivity contribution in [1.82, 2.24) is 24.7 Å². The molecule has 0 radical (unpaired) electrons. The Balaban J connectivity index is 2.36. The zero-order chi connectivity index (χ0) is 12.4. The number of aromatic nitrogens is 5. The van der Waals surface area contributed by atoms with Crippen LogP contribution in [0.5, 0.6) is 0 Å². The Bertz CT molecular complexity index is 544. The van der Waals surface area contributed by atoms with E-state index in [0.29, 0.717) is 15.7 Å². The average Bonchev–Trinajstić information content (AvgIpc) is 2.61. The number of nitrogens with zero attached hydrogens (tertiary/aromatic N) is 5. The Morgan fingerprint density at radius 3 is 2.76 bits per heavy atom. The normalized spacial score (nSPS) is 10.8. The molecule has 17 heavy (non-hydrogen) atoms. The molecule has 1 N–H and O–H groups in total. The van der Waals surface area contributed by atoms with Gasteiger partial charge in [-0.2, -0.15) is 0 Å². The summed E-state index contributed by atoms with van der Waals surface area (Å²) in [6.45, 7) is 1.65. The number of hydrogen-bond donors (Lipinski definition) is 1. The van der Waals surface area contributed by atoms with Gasteiger partial charge < -0.3 is 9.67 Å². The summed E-state index contributed by atoms with van der Waals surface area (Å²) < 4.78 is 1.84. The Kier molecular flexibility index (Phi) is 3.60. The molecule has 8 heteroatoms. The van der Waals surface area contributed by atoms with Gasteiger partial charge in [0.2, 0.25) is 0 Å². The van der Waals surface area contributed by atoms with Crippen LogP contribution < -0.4 is 0 Å². The molecule has 0 atom stereocenters. The largest absolute Gasteiger partial charge is 0.391 e. The van der Waals surface area contributed by atoms with E-state index >= 15 is 0 Å². The second-order valence-electron chi connectivity index (χ2n) is 3.30. The van der Waals surface area contributed by atoms with Crippen LogP contribution in [0.25, 0.3) is 0 Å². The summed E-state index contributed by atoms with van der Waals surface area (Å²) in [5.74, 6) is 0.804. The van der Waals surface area contributed by atoms with E-state index in [2.05, 4.69) is 20.2 Å². The average molecular weight is 272 g/mol. The molecule has 0 fully saturated rings. The van der Waals surface area contributed by atoms with Gasteiger partial charge in [0.05, 0.1) is 6.61 Å². The third-order valence-electron chi connectivity index (χ3n) is 2.25. The first kappa shape index (κ1) is 12.3. The molecular formula is C9H10ClN5OS. The number of aliphatic hydroxyl groups is 1. The molecule has 2 aromatic rings. The molecule has 0 aromatic carbocycles. The number of rotatable bonds is 3. The molecule has 90 valence electrons. The SMILES string of the molecule is Cc1nnc(Sc2ncnc(Cl)c2CO)n1C. The van der Waals surface area contributed by atoms with Crippen molar-refractivity contribution in [3.8, 4) is 0 Å².